The van der Waals surface area contributed by atoms with Gasteiger partial charge in [-0.1, -0.05) is 39.5 Å². The Bertz CT molecular complexity index is 546. The summed E-state index contributed by atoms with van der Waals surface area (Å²) in [7, 11) is 0. The zero-order valence-electron chi connectivity index (χ0n) is 17.5. The number of carboxylic acids is 1. The fourth-order valence-electron chi connectivity index (χ4n) is 4.36. The smallest absolute Gasteiger partial charge is 0.315 e. The third-order valence-corrected chi connectivity index (χ3v) is 6.48. The second-order valence-electron chi connectivity index (χ2n) is 8.73. The average Bonchev–Trinajstić information content (AvgIpc) is 3.12. The molecule has 1 saturated carbocycles. The fraction of sp³-hybridized carbons (Fsp3) is 0.857. The molecule has 1 heterocycles. The molecule has 1 aliphatic carbocycles. The van der Waals surface area contributed by atoms with Crippen LogP contribution in [0.15, 0.2) is 0 Å². The van der Waals surface area contributed by atoms with Crippen molar-refractivity contribution >= 4 is 17.9 Å². The fourth-order valence-corrected chi connectivity index (χ4v) is 4.36. The van der Waals surface area contributed by atoms with Gasteiger partial charge in [0.2, 0.25) is 5.91 Å². The number of unbranched alkanes of at least 4 members (excludes halogenated alkanes) is 2. The number of urea groups is 1. The van der Waals surface area contributed by atoms with E-state index in [1.807, 2.05) is 13.8 Å². The molecule has 2 aliphatic rings. The van der Waals surface area contributed by atoms with Crippen LogP contribution in [0.1, 0.15) is 78.1 Å². The lowest BCUT2D eigenvalue weighted by Crippen LogP contribution is -2.43. The van der Waals surface area contributed by atoms with Gasteiger partial charge in [-0.3, -0.25) is 9.59 Å². The summed E-state index contributed by atoms with van der Waals surface area (Å²) >= 11 is 0. The lowest BCUT2D eigenvalue weighted by molar-refractivity contribution is -0.151. The molecule has 0 aromatic carbocycles. The first-order valence-electron chi connectivity index (χ1n) is 10.9. The summed E-state index contributed by atoms with van der Waals surface area (Å²) in [5.74, 6) is -0.740. The molecule has 0 spiro atoms. The minimum Gasteiger partial charge on any atom is -0.481 e. The van der Waals surface area contributed by atoms with E-state index in [2.05, 4.69) is 10.6 Å². The van der Waals surface area contributed by atoms with Crippen molar-refractivity contribution in [3.63, 3.8) is 0 Å². The molecule has 2 fully saturated rings. The Labute approximate surface area is 168 Å². The normalized spacial score (nSPS) is 23.0. The monoisotopic (exact) mass is 395 g/mol. The van der Waals surface area contributed by atoms with E-state index in [1.54, 1.807) is 4.90 Å². The van der Waals surface area contributed by atoms with Crippen LogP contribution in [0.25, 0.3) is 0 Å². The number of carbonyl (C=O) groups is 3. The highest BCUT2D eigenvalue weighted by Gasteiger charge is 2.48. The number of rotatable bonds is 9. The van der Waals surface area contributed by atoms with Gasteiger partial charge in [0.15, 0.2) is 0 Å². The van der Waals surface area contributed by atoms with Gasteiger partial charge in [-0.05, 0) is 38.0 Å². The van der Waals surface area contributed by atoms with E-state index in [1.165, 1.54) is 19.3 Å². The number of carboxylic acid groups (broad SMARTS) is 1. The minimum absolute atomic E-state index is 0.00799. The number of carbonyl (C=O) groups excluding carboxylic acids is 2. The maximum atomic E-state index is 12.4. The standard InChI is InChI=1S/C21H37N3O4/c1-16(2)21(19(26)27)12-14-24(15-21)18(25)11-7-4-8-13-22-20(28)23-17-9-5-3-6-10-17/h16-17H,3-15H2,1-2H3,(H,26,27)(H2,22,23,28). The first-order valence-corrected chi connectivity index (χ1v) is 10.9. The topological polar surface area (TPSA) is 98.7 Å². The lowest BCUT2D eigenvalue weighted by Gasteiger charge is -2.28. The quantitative estimate of drug-likeness (QED) is 0.522. The molecule has 1 unspecified atom stereocenters. The largest absolute Gasteiger partial charge is 0.481 e. The van der Waals surface area contributed by atoms with Gasteiger partial charge in [0, 0.05) is 32.1 Å². The van der Waals surface area contributed by atoms with Crippen LogP contribution in [0, 0.1) is 11.3 Å². The first kappa shape index (κ1) is 22.5. The Morgan fingerprint density at radius 1 is 1.11 bits per heavy atom. The van der Waals surface area contributed by atoms with E-state index >= 15 is 0 Å². The molecule has 2 rings (SSSR count). The summed E-state index contributed by atoms with van der Waals surface area (Å²) in [6.45, 7) is 5.30. The van der Waals surface area contributed by atoms with Crippen molar-refractivity contribution in [1.82, 2.24) is 15.5 Å². The second kappa shape index (κ2) is 10.7. The van der Waals surface area contributed by atoms with Gasteiger partial charge in [0.05, 0.1) is 5.41 Å². The number of aliphatic carboxylic acids is 1. The highest BCUT2D eigenvalue weighted by Crippen LogP contribution is 2.38. The van der Waals surface area contributed by atoms with Crippen LogP contribution in [0.3, 0.4) is 0 Å². The summed E-state index contributed by atoms with van der Waals surface area (Å²) in [6, 6.07) is 0.231. The molecular weight excluding hydrogens is 358 g/mol. The highest BCUT2D eigenvalue weighted by atomic mass is 16.4. The van der Waals surface area contributed by atoms with Gasteiger partial charge < -0.3 is 20.6 Å². The molecule has 1 aliphatic heterocycles. The predicted molar refractivity (Wildman–Crippen MR) is 108 cm³/mol. The van der Waals surface area contributed by atoms with Crippen molar-refractivity contribution in [3.8, 4) is 0 Å². The molecule has 1 atom stereocenters. The van der Waals surface area contributed by atoms with E-state index in [4.69, 9.17) is 0 Å². The highest BCUT2D eigenvalue weighted by molar-refractivity contribution is 5.80. The van der Waals surface area contributed by atoms with E-state index in [9.17, 15) is 19.5 Å². The Hall–Kier alpha value is -1.79. The molecule has 3 N–H and O–H groups in total. The number of likely N-dealkylation sites (tertiary alicyclic amines) is 1. The number of amides is 3. The summed E-state index contributed by atoms with van der Waals surface area (Å²) < 4.78 is 0. The minimum atomic E-state index is -0.800. The Kier molecular flexibility index (Phi) is 8.58. The van der Waals surface area contributed by atoms with Gasteiger partial charge in [-0.15, -0.1) is 0 Å². The van der Waals surface area contributed by atoms with Crippen LogP contribution < -0.4 is 10.6 Å². The molecule has 1 saturated heterocycles. The third kappa shape index (κ3) is 6.11. The van der Waals surface area contributed by atoms with Crippen LogP contribution in [-0.4, -0.2) is 53.6 Å². The maximum Gasteiger partial charge on any atom is 0.315 e. The number of nitrogens with one attached hydrogen (secondary N) is 2. The second-order valence-corrected chi connectivity index (χ2v) is 8.73. The molecular formula is C21H37N3O4. The van der Waals surface area contributed by atoms with Crippen molar-refractivity contribution in [2.24, 2.45) is 11.3 Å². The lowest BCUT2D eigenvalue weighted by atomic mass is 9.76. The van der Waals surface area contributed by atoms with Crippen molar-refractivity contribution in [1.29, 1.82) is 0 Å². The number of hydrogen-bond donors (Lipinski definition) is 3. The van der Waals surface area contributed by atoms with E-state index in [0.717, 1.165) is 32.1 Å². The molecule has 7 nitrogen and oxygen atoms in total. The SMILES string of the molecule is CC(C)C1(C(=O)O)CCN(C(=O)CCCCCNC(=O)NC2CCCCC2)C1. The zero-order chi connectivity index (χ0) is 20.6. The van der Waals surface area contributed by atoms with E-state index in [0.29, 0.717) is 38.5 Å². The summed E-state index contributed by atoms with van der Waals surface area (Å²) in [5, 5.41) is 15.5. The van der Waals surface area contributed by atoms with Crippen LogP contribution in [0.2, 0.25) is 0 Å². The first-order chi connectivity index (χ1) is 13.3. The number of nitrogens with zero attached hydrogens (tertiary/aromatic N) is 1. The van der Waals surface area contributed by atoms with Crippen molar-refractivity contribution in [2.45, 2.75) is 84.1 Å². The molecule has 3 amide bonds. The molecule has 0 bridgehead atoms. The summed E-state index contributed by atoms with van der Waals surface area (Å²) in [6.07, 6.45) is 9.27. The van der Waals surface area contributed by atoms with Crippen LogP contribution in [0.4, 0.5) is 4.79 Å². The third-order valence-electron chi connectivity index (χ3n) is 6.48. The molecule has 160 valence electrons. The molecule has 0 aromatic rings. The predicted octanol–water partition coefficient (Wildman–Crippen LogP) is 3.14. The summed E-state index contributed by atoms with van der Waals surface area (Å²) in [4.78, 5) is 37.6. The molecule has 28 heavy (non-hydrogen) atoms. The van der Waals surface area contributed by atoms with Crippen molar-refractivity contribution < 1.29 is 19.5 Å². The number of hydrogen-bond acceptors (Lipinski definition) is 3. The summed E-state index contributed by atoms with van der Waals surface area (Å²) in [5.41, 5.74) is -0.800. The maximum absolute atomic E-state index is 12.4. The zero-order valence-corrected chi connectivity index (χ0v) is 17.5. The van der Waals surface area contributed by atoms with Gasteiger partial charge in [-0.25, -0.2) is 4.79 Å². The van der Waals surface area contributed by atoms with Gasteiger partial charge >= 0.3 is 12.0 Å². The van der Waals surface area contributed by atoms with Crippen molar-refractivity contribution in [3.05, 3.63) is 0 Å². The Morgan fingerprint density at radius 3 is 2.43 bits per heavy atom. The van der Waals surface area contributed by atoms with Crippen LogP contribution >= 0.6 is 0 Å². The Balaban J connectivity index is 1.56. The molecule has 7 heteroatoms. The van der Waals surface area contributed by atoms with Gasteiger partial charge in [0.1, 0.15) is 0 Å². The van der Waals surface area contributed by atoms with Crippen LogP contribution in [-0.2, 0) is 9.59 Å². The molecule has 0 aromatic heterocycles. The van der Waals surface area contributed by atoms with E-state index in [-0.39, 0.29) is 17.9 Å². The van der Waals surface area contributed by atoms with Gasteiger partial charge in [-0.2, -0.15) is 0 Å². The average molecular weight is 396 g/mol. The molecule has 0 radical (unpaired) electrons. The Morgan fingerprint density at radius 2 is 1.82 bits per heavy atom. The van der Waals surface area contributed by atoms with Gasteiger partial charge in [0.25, 0.3) is 0 Å². The van der Waals surface area contributed by atoms with Crippen molar-refractivity contribution in [2.75, 3.05) is 19.6 Å². The van der Waals surface area contributed by atoms with Crippen LogP contribution in [0.5, 0.6) is 0 Å². The van der Waals surface area contributed by atoms with E-state index < -0.39 is 11.4 Å².